The fourth-order valence-corrected chi connectivity index (χ4v) is 6.52. The van der Waals surface area contributed by atoms with E-state index in [-0.39, 0.29) is 39.9 Å². The summed E-state index contributed by atoms with van der Waals surface area (Å²) in [7, 11) is 4.15. The summed E-state index contributed by atoms with van der Waals surface area (Å²) < 4.78 is 39.7. The molecule has 4 aromatic rings. The summed E-state index contributed by atoms with van der Waals surface area (Å²) in [6.45, 7) is 4.35. The minimum absolute atomic E-state index is 0.0448. The molecular formula is C34H34F2N6O5. The monoisotopic (exact) mass is 644 g/mol. The Kier molecular flexibility index (Phi) is 8.49. The molecule has 2 aromatic heterocycles. The zero-order chi connectivity index (χ0) is 33.6. The highest BCUT2D eigenvalue weighted by Crippen LogP contribution is 2.43. The zero-order valence-electron chi connectivity index (χ0n) is 26.5. The van der Waals surface area contributed by atoms with E-state index < -0.39 is 28.8 Å². The Morgan fingerprint density at radius 2 is 1.62 bits per heavy atom. The first-order valence-corrected chi connectivity index (χ1v) is 15.2. The molecule has 1 saturated heterocycles. The molecule has 0 radical (unpaired) electrons. The van der Waals surface area contributed by atoms with Gasteiger partial charge < -0.3 is 19.5 Å². The van der Waals surface area contributed by atoms with Crippen molar-refractivity contribution < 1.29 is 23.1 Å². The van der Waals surface area contributed by atoms with E-state index in [0.717, 1.165) is 52.4 Å². The van der Waals surface area contributed by atoms with Gasteiger partial charge in [-0.25, -0.2) is 18.6 Å². The number of carbonyl (C=O) groups excluding carboxylic acids is 2. The van der Waals surface area contributed by atoms with E-state index in [1.54, 1.807) is 19.1 Å². The molecule has 47 heavy (non-hydrogen) atoms. The van der Waals surface area contributed by atoms with Gasteiger partial charge in [0.1, 0.15) is 11.4 Å². The van der Waals surface area contributed by atoms with Crippen molar-refractivity contribution in [1.29, 1.82) is 0 Å². The van der Waals surface area contributed by atoms with Crippen molar-refractivity contribution in [2.24, 2.45) is 14.1 Å². The average Bonchev–Trinajstić information content (AvgIpc) is 3.50. The van der Waals surface area contributed by atoms with E-state index in [1.165, 1.54) is 45.5 Å². The average molecular weight is 645 g/mol. The van der Waals surface area contributed by atoms with Crippen molar-refractivity contribution in [3.05, 3.63) is 97.8 Å². The van der Waals surface area contributed by atoms with Gasteiger partial charge >= 0.3 is 5.69 Å². The molecule has 11 nitrogen and oxygen atoms in total. The molecule has 3 heterocycles. The molecule has 2 aromatic carbocycles. The van der Waals surface area contributed by atoms with Crippen molar-refractivity contribution >= 4 is 17.5 Å². The third kappa shape index (κ3) is 5.71. The smallest absolute Gasteiger partial charge is 0.330 e. The molecule has 2 aliphatic rings. The lowest BCUT2D eigenvalue weighted by Crippen LogP contribution is -2.48. The largest absolute Gasteiger partial charge is 0.481 e. The number of anilines is 1. The molecule has 1 aliphatic carbocycles. The highest BCUT2D eigenvalue weighted by molar-refractivity contribution is 6.04. The summed E-state index contributed by atoms with van der Waals surface area (Å²) in [4.78, 5) is 58.2. The van der Waals surface area contributed by atoms with Gasteiger partial charge in [-0.1, -0.05) is 24.3 Å². The first kappa shape index (κ1) is 31.8. The van der Waals surface area contributed by atoms with Crippen LogP contribution >= 0.6 is 0 Å². The van der Waals surface area contributed by atoms with Crippen molar-refractivity contribution in [3.63, 3.8) is 0 Å². The number of aryl methyl sites for hydroxylation is 2. The van der Waals surface area contributed by atoms with E-state index >= 15 is 8.78 Å². The number of rotatable bonds is 6. The minimum Gasteiger partial charge on any atom is -0.481 e. The molecule has 244 valence electrons. The second-order valence-corrected chi connectivity index (χ2v) is 11.8. The Morgan fingerprint density at radius 3 is 2.30 bits per heavy atom. The molecule has 13 heteroatoms. The van der Waals surface area contributed by atoms with Crippen LogP contribution in [0.4, 0.5) is 14.5 Å². The second kappa shape index (κ2) is 12.6. The number of hydrogen-bond donors (Lipinski definition) is 1. The molecule has 1 fully saturated rings. The van der Waals surface area contributed by atoms with E-state index in [2.05, 4.69) is 10.2 Å². The van der Waals surface area contributed by atoms with Crippen LogP contribution in [0, 0.1) is 11.6 Å². The number of hydrogen-bond acceptors (Lipinski definition) is 7. The summed E-state index contributed by atoms with van der Waals surface area (Å²) in [5.74, 6) is -2.05. The van der Waals surface area contributed by atoms with Gasteiger partial charge in [0.15, 0.2) is 5.82 Å². The normalized spacial score (nSPS) is 16.2. The minimum atomic E-state index is -0.917. The highest BCUT2D eigenvalue weighted by atomic mass is 19.1. The number of benzene rings is 2. The van der Waals surface area contributed by atoms with Gasteiger partial charge in [-0.05, 0) is 36.6 Å². The van der Waals surface area contributed by atoms with Crippen LogP contribution in [0.5, 0.6) is 5.88 Å². The lowest BCUT2D eigenvalue weighted by molar-refractivity contribution is -0.130. The molecule has 1 aliphatic heterocycles. The van der Waals surface area contributed by atoms with Gasteiger partial charge in [0.25, 0.3) is 11.5 Å². The topological polar surface area (TPSA) is 119 Å². The summed E-state index contributed by atoms with van der Waals surface area (Å²) in [6.07, 6.45) is 2.67. The number of methoxy groups -OCH3 is 1. The van der Waals surface area contributed by atoms with Crippen LogP contribution in [0.3, 0.4) is 0 Å². The van der Waals surface area contributed by atoms with Gasteiger partial charge in [-0.3, -0.25) is 23.9 Å². The van der Waals surface area contributed by atoms with Gasteiger partial charge in [-0.15, -0.1) is 0 Å². The van der Waals surface area contributed by atoms with Crippen LogP contribution in [-0.2, 0) is 25.3 Å². The maximum Gasteiger partial charge on any atom is 0.330 e. The SMILES string of the molecule is COc1nc(-c2cccc(-c3cccc(NC(=O)c4cn(C)c(=O)n(C)c4=O)c3F)c2F)cc2c1[C@@H](N1CCN(C(C)=O)CC1)CC2. The number of aromatic nitrogens is 3. The van der Waals surface area contributed by atoms with Crippen molar-refractivity contribution in [1.82, 2.24) is 23.9 Å². The molecule has 0 spiro atoms. The molecule has 0 unspecified atom stereocenters. The summed E-state index contributed by atoms with van der Waals surface area (Å²) in [6, 6.07) is 10.7. The van der Waals surface area contributed by atoms with Crippen LogP contribution in [0.25, 0.3) is 22.4 Å². The first-order chi connectivity index (χ1) is 22.5. The van der Waals surface area contributed by atoms with Crippen molar-refractivity contribution in [2.75, 3.05) is 38.6 Å². The van der Waals surface area contributed by atoms with Crippen molar-refractivity contribution in [3.8, 4) is 28.3 Å². The Balaban J connectivity index is 1.31. The fraction of sp³-hybridized carbons (Fsp3) is 0.324. The first-order valence-electron chi connectivity index (χ1n) is 15.2. The van der Waals surface area contributed by atoms with E-state index in [1.807, 2.05) is 11.0 Å². The Bertz CT molecular complexity index is 2030. The Morgan fingerprint density at radius 1 is 0.957 bits per heavy atom. The Labute approximate surface area is 269 Å². The molecule has 2 amide bonds. The molecule has 1 N–H and O–H groups in total. The Hall–Kier alpha value is -5.17. The molecule has 6 rings (SSSR count). The number of nitrogens with zero attached hydrogens (tertiary/aromatic N) is 5. The predicted octanol–water partition coefficient (Wildman–Crippen LogP) is 3.50. The van der Waals surface area contributed by atoms with Gasteiger partial charge in [0.2, 0.25) is 11.8 Å². The predicted molar refractivity (Wildman–Crippen MR) is 171 cm³/mol. The lowest BCUT2D eigenvalue weighted by Gasteiger charge is -2.38. The number of amides is 2. The number of carbonyl (C=O) groups is 2. The van der Waals surface area contributed by atoms with Crippen LogP contribution in [0.2, 0.25) is 0 Å². The van der Waals surface area contributed by atoms with Crippen LogP contribution in [0.15, 0.2) is 58.3 Å². The maximum absolute atomic E-state index is 16.3. The summed E-state index contributed by atoms with van der Waals surface area (Å²) >= 11 is 0. The number of halogens is 2. The van der Waals surface area contributed by atoms with Crippen molar-refractivity contribution in [2.45, 2.75) is 25.8 Å². The lowest BCUT2D eigenvalue weighted by atomic mass is 9.98. The molecular weight excluding hydrogens is 610 g/mol. The molecule has 1 atom stereocenters. The van der Waals surface area contributed by atoms with Crippen LogP contribution < -0.4 is 21.3 Å². The zero-order valence-corrected chi connectivity index (χ0v) is 26.5. The standard InChI is InChI=1S/C34H34F2N6O5/c1-19(43)41-13-15-42(16-14-41)27-12-11-20-17-26(38-32(47-4)28(20)27)23-9-5-7-21(29(23)35)22-8-6-10-25(30(22)36)37-31(44)24-18-39(2)34(46)40(3)33(24)45/h5-10,17-18,27H,11-16H2,1-4H3,(H,37,44)/t27-/m0/s1. The molecule has 0 saturated carbocycles. The van der Waals surface area contributed by atoms with Crippen LogP contribution in [-0.4, -0.2) is 69.0 Å². The second-order valence-electron chi connectivity index (χ2n) is 11.8. The summed E-state index contributed by atoms with van der Waals surface area (Å²) in [5, 5.41) is 2.38. The fourth-order valence-electron chi connectivity index (χ4n) is 6.52. The van der Waals surface area contributed by atoms with E-state index in [4.69, 9.17) is 9.72 Å². The van der Waals surface area contributed by atoms with E-state index in [9.17, 15) is 19.2 Å². The third-order valence-electron chi connectivity index (χ3n) is 9.03. The quantitative estimate of drug-likeness (QED) is 0.342. The number of ether oxygens (including phenoxy) is 1. The van der Waals surface area contributed by atoms with Gasteiger partial charge in [-0.2, -0.15) is 0 Å². The number of pyridine rings is 1. The number of nitrogens with one attached hydrogen (secondary N) is 1. The molecule has 0 bridgehead atoms. The van der Waals surface area contributed by atoms with Gasteiger partial charge in [0.05, 0.1) is 18.5 Å². The van der Waals surface area contributed by atoms with Crippen LogP contribution in [0.1, 0.15) is 40.9 Å². The maximum atomic E-state index is 16.3. The number of piperazine rings is 1. The van der Waals surface area contributed by atoms with Gasteiger partial charge in [0, 0.05) is 81.7 Å². The number of fused-ring (bicyclic) bond motifs is 1. The summed E-state index contributed by atoms with van der Waals surface area (Å²) in [5.41, 5.74) is 0.246. The van der Waals surface area contributed by atoms with E-state index in [0.29, 0.717) is 24.7 Å². The third-order valence-corrected chi connectivity index (χ3v) is 9.03. The highest BCUT2D eigenvalue weighted by Gasteiger charge is 2.35.